The number of anilines is 1. The molecule has 0 aliphatic heterocycles. The van der Waals surface area contributed by atoms with E-state index in [1.165, 1.54) is 0 Å². The third kappa shape index (κ3) is 5.24. The van der Waals surface area contributed by atoms with E-state index in [9.17, 15) is 4.79 Å². The highest BCUT2D eigenvalue weighted by Crippen LogP contribution is 2.25. The average molecular weight is 392 g/mol. The molecule has 0 aliphatic rings. The fraction of sp³-hybridized carbons (Fsp3) is 0.125. The normalized spacial score (nSPS) is 11.4. The number of carbonyl (C=O) groups is 1. The summed E-state index contributed by atoms with van der Waals surface area (Å²) >= 11 is 6.30. The van der Waals surface area contributed by atoms with Crippen molar-refractivity contribution in [1.82, 2.24) is 0 Å². The van der Waals surface area contributed by atoms with E-state index in [-0.39, 0.29) is 12.0 Å². The number of amides is 1. The van der Waals surface area contributed by atoms with E-state index < -0.39 is 0 Å². The van der Waals surface area contributed by atoms with Gasteiger partial charge in [0.25, 0.3) is 5.91 Å². The summed E-state index contributed by atoms with van der Waals surface area (Å²) in [6, 6.07) is 24.4. The predicted octanol–water partition coefficient (Wildman–Crippen LogP) is 6.31. The van der Waals surface area contributed by atoms with Crippen LogP contribution in [0.4, 0.5) is 5.69 Å². The van der Waals surface area contributed by atoms with Gasteiger partial charge >= 0.3 is 0 Å². The fourth-order valence-corrected chi connectivity index (χ4v) is 2.95. The van der Waals surface area contributed by atoms with Crippen molar-refractivity contribution in [3.8, 4) is 5.75 Å². The summed E-state index contributed by atoms with van der Waals surface area (Å²) in [5.74, 6) is 0.497. The summed E-state index contributed by atoms with van der Waals surface area (Å²) in [7, 11) is 0. The van der Waals surface area contributed by atoms with E-state index in [2.05, 4.69) is 5.32 Å². The number of carbonyl (C=O) groups excluding carboxylic acids is 1. The van der Waals surface area contributed by atoms with Gasteiger partial charge in [0.1, 0.15) is 5.75 Å². The lowest BCUT2D eigenvalue weighted by atomic mass is 10.0. The van der Waals surface area contributed by atoms with Gasteiger partial charge < -0.3 is 10.1 Å². The highest BCUT2D eigenvalue weighted by Gasteiger charge is 2.14. The van der Waals surface area contributed by atoms with Crippen LogP contribution in [0, 0.1) is 0 Å². The molecule has 3 aromatic rings. The van der Waals surface area contributed by atoms with Gasteiger partial charge in [-0.25, -0.2) is 0 Å². The maximum Gasteiger partial charge on any atom is 0.256 e. The molecule has 0 spiro atoms. The molecule has 0 saturated carbocycles. The Kier molecular flexibility index (Phi) is 6.51. The predicted molar refractivity (Wildman–Crippen MR) is 117 cm³/mol. The van der Waals surface area contributed by atoms with Gasteiger partial charge in [-0.1, -0.05) is 66.2 Å². The van der Waals surface area contributed by atoms with E-state index in [4.69, 9.17) is 16.3 Å². The van der Waals surface area contributed by atoms with Crippen molar-refractivity contribution in [3.05, 3.63) is 95.0 Å². The van der Waals surface area contributed by atoms with Crippen molar-refractivity contribution in [2.75, 3.05) is 5.32 Å². The summed E-state index contributed by atoms with van der Waals surface area (Å²) in [4.78, 5) is 13.1. The highest BCUT2D eigenvalue weighted by atomic mass is 35.5. The van der Waals surface area contributed by atoms with Crippen LogP contribution in [0.2, 0.25) is 5.02 Å². The minimum Gasteiger partial charge on any atom is -0.491 e. The Labute approximate surface area is 170 Å². The van der Waals surface area contributed by atoms with Crippen molar-refractivity contribution >= 4 is 34.8 Å². The lowest BCUT2D eigenvalue weighted by Gasteiger charge is -2.13. The number of hydrogen-bond donors (Lipinski definition) is 1. The molecule has 3 nitrogen and oxygen atoms in total. The van der Waals surface area contributed by atoms with Crippen LogP contribution >= 0.6 is 11.6 Å². The summed E-state index contributed by atoms with van der Waals surface area (Å²) in [6.45, 7) is 3.93. The van der Waals surface area contributed by atoms with E-state index >= 15 is 0 Å². The van der Waals surface area contributed by atoms with Crippen molar-refractivity contribution in [2.45, 2.75) is 20.0 Å². The fourth-order valence-electron chi connectivity index (χ4n) is 2.76. The third-order valence-corrected chi connectivity index (χ3v) is 4.34. The van der Waals surface area contributed by atoms with E-state index in [0.717, 1.165) is 11.1 Å². The van der Waals surface area contributed by atoms with E-state index in [1.54, 1.807) is 6.07 Å². The van der Waals surface area contributed by atoms with Crippen LogP contribution in [0.15, 0.2) is 78.9 Å². The van der Waals surface area contributed by atoms with Crippen LogP contribution in [0.25, 0.3) is 11.6 Å². The lowest BCUT2D eigenvalue weighted by Crippen LogP contribution is -2.14. The first-order valence-electron chi connectivity index (χ1n) is 9.12. The molecule has 1 amide bonds. The zero-order chi connectivity index (χ0) is 19.9. The monoisotopic (exact) mass is 391 g/mol. The largest absolute Gasteiger partial charge is 0.491 e. The molecule has 0 aliphatic carbocycles. The first-order chi connectivity index (χ1) is 13.5. The van der Waals surface area contributed by atoms with Gasteiger partial charge in [-0.2, -0.15) is 0 Å². The van der Waals surface area contributed by atoms with E-state index in [0.29, 0.717) is 22.0 Å². The number of hydrogen-bond acceptors (Lipinski definition) is 2. The number of nitrogens with one attached hydrogen (secondary N) is 1. The molecule has 0 unspecified atom stereocenters. The molecular weight excluding hydrogens is 370 g/mol. The Bertz CT molecular complexity index is 981. The molecule has 0 saturated heterocycles. The van der Waals surface area contributed by atoms with E-state index in [1.807, 2.05) is 92.7 Å². The molecule has 28 heavy (non-hydrogen) atoms. The zero-order valence-electron chi connectivity index (χ0n) is 15.9. The van der Waals surface area contributed by atoms with Crippen molar-refractivity contribution in [1.29, 1.82) is 0 Å². The summed E-state index contributed by atoms with van der Waals surface area (Å²) in [6.07, 6.45) is 1.87. The average Bonchev–Trinajstić information content (AvgIpc) is 2.67. The standard InChI is InChI=1S/C24H22ClNO2/c1-17(2)28-21-13-8-12-20(16-21)26-24(27)22(18-9-4-3-5-10-18)15-19-11-6-7-14-23(19)25/h3-17H,1-2H3,(H,26,27)/b22-15+. The molecule has 0 radical (unpaired) electrons. The van der Waals surface area contributed by atoms with Crippen LogP contribution in [-0.4, -0.2) is 12.0 Å². The van der Waals surface area contributed by atoms with Crippen LogP contribution in [-0.2, 0) is 4.79 Å². The molecule has 4 heteroatoms. The second kappa shape index (κ2) is 9.25. The zero-order valence-corrected chi connectivity index (χ0v) is 16.6. The molecule has 0 aromatic heterocycles. The SMILES string of the molecule is CC(C)Oc1cccc(NC(=O)/C(=C/c2ccccc2Cl)c2ccccc2)c1. The number of benzene rings is 3. The lowest BCUT2D eigenvalue weighted by molar-refractivity contribution is -0.111. The second-order valence-corrected chi connectivity index (χ2v) is 7.00. The molecule has 3 aromatic carbocycles. The topological polar surface area (TPSA) is 38.3 Å². The van der Waals surface area contributed by atoms with Gasteiger partial charge in [0.2, 0.25) is 0 Å². The molecule has 0 fully saturated rings. The molecule has 3 rings (SSSR count). The highest BCUT2D eigenvalue weighted by molar-refractivity contribution is 6.34. The smallest absolute Gasteiger partial charge is 0.256 e. The van der Waals surface area contributed by atoms with Crippen molar-refractivity contribution in [2.24, 2.45) is 0 Å². The van der Waals surface area contributed by atoms with Gasteiger partial charge in [-0.3, -0.25) is 4.79 Å². The van der Waals surface area contributed by atoms with Crippen molar-refractivity contribution in [3.63, 3.8) is 0 Å². The Morgan fingerprint density at radius 3 is 2.39 bits per heavy atom. The first-order valence-corrected chi connectivity index (χ1v) is 9.50. The Hall–Kier alpha value is -3.04. The Morgan fingerprint density at radius 1 is 0.964 bits per heavy atom. The van der Waals surface area contributed by atoms with Crippen LogP contribution in [0.5, 0.6) is 5.75 Å². The second-order valence-electron chi connectivity index (χ2n) is 6.59. The number of halogens is 1. The van der Waals surface area contributed by atoms with Gasteiger partial charge in [-0.15, -0.1) is 0 Å². The summed E-state index contributed by atoms with van der Waals surface area (Å²) in [5.41, 5.74) is 2.80. The first kappa shape index (κ1) is 19.7. The minimum atomic E-state index is -0.215. The van der Waals surface area contributed by atoms with Crippen LogP contribution in [0.1, 0.15) is 25.0 Å². The molecule has 142 valence electrons. The molecular formula is C24H22ClNO2. The number of ether oxygens (including phenoxy) is 1. The molecule has 0 heterocycles. The van der Waals surface area contributed by atoms with Gasteiger partial charge in [0, 0.05) is 22.3 Å². The van der Waals surface area contributed by atoms with Crippen molar-refractivity contribution < 1.29 is 9.53 Å². The summed E-state index contributed by atoms with van der Waals surface area (Å²) < 4.78 is 5.71. The van der Waals surface area contributed by atoms with Gasteiger partial charge in [0.15, 0.2) is 0 Å². The minimum absolute atomic E-state index is 0.0611. The molecule has 1 N–H and O–H groups in total. The van der Waals surface area contributed by atoms with Gasteiger partial charge in [-0.05, 0) is 49.2 Å². The number of rotatable bonds is 6. The Balaban J connectivity index is 1.93. The van der Waals surface area contributed by atoms with Gasteiger partial charge in [0.05, 0.1) is 6.10 Å². The maximum absolute atomic E-state index is 13.1. The van der Waals surface area contributed by atoms with Crippen LogP contribution < -0.4 is 10.1 Å². The summed E-state index contributed by atoms with van der Waals surface area (Å²) in [5, 5.41) is 3.56. The Morgan fingerprint density at radius 2 is 1.68 bits per heavy atom. The molecule has 0 atom stereocenters. The third-order valence-electron chi connectivity index (χ3n) is 4.00. The quantitative estimate of drug-likeness (QED) is 0.395. The van der Waals surface area contributed by atoms with Crippen LogP contribution in [0.3, 0.4) is 0 Å². The maximum atomic E-state index is 13.1. The molecule has 0 bridgehead atoms.